The summed E-state index contributed by atoms with van der Waals surface area (Å²) in [6.45, 7) is 7.51. The lowest BCUT2D eigenvalue weighted by atomic mass is 10.0. The fourth-order valence-corrected chi connectivity index (χ4v) is 6.32. The molecule has 3 aliphatic rings. The predicted octanol–water partition coefficient (Wildman–Crippen LogP) is 4.02. The standard InChI is InChI=1S/C30H38F3N7O3/c1-37-9-11-38(12-10-37)21-5-7-40(8-6-21)29(41)20-3-4-23(25(17-20)42-2)35-26-18-24(39-13-15-43-16-14-39)27-22(30(31,32)33)19-34-28(27)36-26/h3-4,17-19,21H,5-16H2,1-2H3,(H2,34,35,36). The Balaban J connectivity index is 1.20. The van der Waals surface area contributed by atoms with Crippen LogP contribution < -0.4 is 15.0 Å². The van der Waals surface area contributed by atoms with Gasteiger partial charge in [0.15, 0.2) is 0 Å². The maximum Gasteiger partial charge on any atom is 0.418 e. The summed E-state index contributed by atoms with van der Waals surface area (Å²) in [6.07, 6.45) is -1.65. The molecule has 0 bridgehead atoms. The van der Waals surface area contributed by atoms with Crippen molar-refractivity contribution < 1.29 is 27.4 Å². The minimum absolute atomic E-state index is 0.0317. The van der Waals surface area contributed by atoms with Crippen molar-refractivity contribution in [1.82, 2.24) is 24.7 Å². The topological polar surface area (TPSA) is 89.2 Å². The monoisotopic (exact) mass is 601 g/mol. The third kappa shape index (κ3) is 6.24. The molecule has 10 nitrogen and oxygen atoms in total. The second-order valence-electron chi connectivity index (χ2n) is 11.5. The number of anilines is 3. The molecule has 3 saturated heterocycles. The first-order valence-corrected chi connectivity index (χ1v) is 14.8. The van der Waals surface area contributed by atoms with Crippen molar-refractivity contribution in [2.24, 2.45) is 0 Å². The number of piperidine rings is 1. The number of piperazine rings is 1. The van der Waals surface area contributed by atoms with Gasteiger partial charge in [-0.15, -0.1) is 0 Å². The Bertz CT molecular complexity index is 1440. The van der Waals surface area contributed by atoms with Gasteiger partial charge in [0.05, 0.1) is 42.6 Å². The van der Waals surface area contributed by atoms with Crippen molar-refractivity contribution >= 4 is 34.1 Å². The number of pyridine rings is 1. The summed E-state index contributed by atoms with van der Waals surface area (Å²) in [5, 5.41) is 3.24. The lowest BCUT2D eigenvalue weighted by Gasteiger charge is -2.42. The minimum Gasteiger partial charge on any atom is -0.495 e. The fraction of sp³-hybridized carbons (Fsp3) is 0.533. The van der Waals surface area contributed by atoms with Crippen molar-refractivity contribution in [2.45, 2.75) is 25.1 Å². The summed E-state index contributed by atoms with van der Waals surface area (Å²) in [5.74, 6) is 0.755. The highest BCUT2D eigenvalue weighted by Crippen LogP contribution is 2.41. The number of aromatic nitrogens is 2. The van der Waals surface area contributed by atoms with Crippen LogP contribution in [0.4, 0.5) is 30.4 Å². The summed E-state index contributed by atoms with van der Waals surface area (Å²) >= 11 is 0. The number of likely N-dealkylation sites (tertiary alicyclic amines) is 1. The van der Waals surface area contributed by atoms with Crippen LogP contribution in [0.1, 0.15) is 28.8 Å². The Kier molecular flexibility index (Phi) is 8.38. The largest absolute Gasteiger partial charge is 0.495 e. The number of rotatable bonds is 6. The molecular formula is C30H38F3N7O3. The number of H-pyrrole nitrogens is 1. The molecule has 0 spiro atoms. The number of nitrogens with zero attached hydrogens (tertiary/aromatic N) is 5. The van der Waals surface area contributed by atoms with Crippen LogP contribution in [-0.2, 0) is 10.9 Å². The van der Waals surface area contributed by atoms with Crippen molar-refractivity contribution in [2.75, 3.05) is 89.9 Å². The van der Waals surface area contributed by atoms with E-state index in [9.17, 15) is 18.0 Å². The highest BCUT2D eigenvalue weighted by Gasteiger charge is 2.36. The van der Waals surface area contributed by atoms with Gasteiger partial charge in [-0.2, -0.15) is 13.2 Å². The Labute approximate surface area is 248 Å². The molecule has 2 N–H and O–H groups in total. The molecular weight excluding hydrogens is 563 g/mol. The average molecular weight is 602 g/mol. The number of amides is 1. The molecule has 0 atom stereocenters. The molecule has 0 saturated carbocycles. The molecule has 5 heterocycles. The molecule has 0 unspecified atom stereocenters. The van der Waals surface area contributed by atoms with Crippen LogP contribution in [-0.4, -0.2) is 116 Å². The second kappa shape index (κ2) is 12.2. The van der Waals surface area contributed by atoms with E-state index in [1.807, 2.05) is 9.80 Å². The van der Waals surface area contributed by atoms with E-state index in [1.54, 1.807) is 24.3 Å². The van der Waals surface area contributed by atoms with Gasteiger partial charge in [-0.1, -0.05) is 0 Å². The van der Waals surface area contributed by atoms with E-state index in [2.05, 4.69) is 32.1 Å². The SMILES string of the molecule is COc1cc(C(=O)N2CCC(N3CCN(C)CC3)CC2)ccc1Nc1cc(N2CCOCC2)c2c(C(F)(F)F)c[nH]c2n1. The quantitative estimate of drug-likeness (QED) is 0.438. The van der Waals surface area contributed by atoms with Crippen LogP contribution in [0.2, 0.25) is 0 Å². The zero-order chi connectivity index (χ0) is 30.1. The molecule has 13 heteroatoms. The predicted molar refractivity (Wildman–Crippen MR) is 158 cm³/mol. The van der Waals surface area contributed by atoms with E-state index in [-0.39, 0.29) is 16.9 Å². The van der Waals surface area contributed by atoms with Crippen LogP contribution in [0, 0.1) is 0 Å². The number of likely N-dealkylation sites (N-methyl/N-ethyl adjacent to an activating group) is 1. The lowest BCUT2D eigenvalue weighted by molar-refractivity contribution is -0.136. The van der Waals surface area contributed by atoms with Gasteiger partial charge < -0.3 is 34.5 Å². The van der Waals surface area contributed by atoms with E-state index in [1.165, 1.54) is 7.11 Å². The molecule has 1 amide bonds. The number of hydrogen-bond donors (Lipinski definition) is 2. The highest BCUT2D eigenvalue weighted by atomic mass is 19.4. The number of carbonyl (C=O) groups excluding carboxylic acids is 1. The number of fused-ring (bicyclic) bond motifs is 1. The molecule has 43 heavy (non-hydrogen) atoms. The number of ether oxygens (including phenoxy) is 2. The second-order valence-corrected chi connectivity index (χ2v) is 11.5. The average Bonchev–Trinajstić information content (AvgIpc) is 3.46. The van der Waals surface area contributed by atoms with Gasteiger partial charge in [-0.3, -0.25) is 9.69 Å². The maximum absolute atomic E-state index is 13.8. The Morgan fingerprint density at radius 1 is 1.05 bits per heavy atom. The zero-order valence-corrected chi connectivity index (χ0v) is 24.5. The van der Waals surface area contributed by atoms with E-state index >= 15 is 0 Å². The number of halogens is 3. The fourth-order valence-electron chi connectivity index (χ4n) is 6.32. The summed E-state index contributed by atoms with van der Waals surface area (Å²) in [6, 6.07) is 7.34. The van der Waals surface area contributed by atoms with E-state index in [4.69, 9.17) is 9.47 Å². The molecule has 0 aliphatic carbocycles. The number of hydrogen-bond acceptors (Lipinski definition) is 8. The Hall–Kier alpha value is -3.55. The number of nitrogens with one attached hydrogen (secondary N) is 2. The molecule has 3 aromatic rings. The molecule has 6 rings (SSSR count). The van der Waals surface area contributed by atoms with E-state index in [0.29, 0.717) is 73.9 Å². The first kappa shape index (κ1) is 29.5. The van der Waals surface area contributed by atoms with Gasteiger partial charge >= 0.3 is 6.18 Å². The molecule has 1 aromatic carbocycles. The Morgan fingerprint density at radius 3 is 2.44 bits per heavy atom. The van der Waals surface area contributed by atoms with Crippen molar-refractivity contribution in [1.29, 1.82) is 0 Å². The van der Waals surface area contributed by atoms with Crippen LogP contribution in [0.3, 0.4) is 0 Å². The van der Waals surface area contributed by atoms with Crippen molar-refractivity contribution in [3.05, 3.63) is 41.6 Å². The van der Waals surface area contributed by atoms with Gasteiger partial charge in [0.2, 0.25) is 0 Å². The van der Waals surface area contributed by atoms with Crippen LogP contribution in [0.15, 0.2) is 30.5 Å². The lowest BCUT2D eigenvalue weighted by Crippen LogP contribution is -2.52. The summed E-state index contributed by atoms with van der Waals surface area (Å²) in [4.78, 5) is 29.3. The molecule has 232 valence electrons. The summed E-state index contributed by atoms with van der Waals surface area (Å²) < 4.78 is 52.6. The van der Waals surface area contributed by atoms with E-state index < -0.39 is 11.7 Å². The van der Waals surface area contributed by atoms with Crippen molar-refractivity contribution in [3.63, 3.8) is 0 Å². The van der Waals surface area contributed by atoms with Gasteiger partial charge in [-0.25, -0.2) is 4.98 Å². The van der Waals surface area contributed by atoms with E-state index in [0.717, 1.165) is 45.2 Å². The smallest absolute Gasteiger partial charge is 0.418 e. The first-order chi connectivity index (χ1) is 20.7. The van der Waals surface area contributed by atoms with Gasteiger partial charge in [0.25, 0.3) is 5.91 Å². The summed E-state index contributed by atoms with van der Waals surface area (Å²) in [5.41, 5.74) is 0.878. The van der Waals surface area contributed by atoms with Gasteiger partial charge in [0.1, 0.15) is 17.2 Å². The number of aromatic amines is 1. The first-order valence-electron chi connectivity index (χ1n) is 14.8. The number of carbonyl (C=O) groups is 1. The molecule has 0 radical (unpaired) electrons. The molecule has 2 aromatic heterocycles. The maximum atomic E-state index is 13.8. The van der Waals surface area contributed by atoms with Crippen LogP contribution in [0.5, 0.6) is 5.75 Å². The van der Waals surface area contributed by atoms with Crippen molar-refractivity contribution in [3.8, 4) is 5.75 Å². The van der Waals surface area contributed by atoms with Crippen LogP contribution >= 0.6 is 0 Å². The molecule has 3 aliphatic heterocycles. The highest BCUT2D eigenvalue weighted by molar-refractivity contribution is 5.97. The Morgan fingerprint density at radius 2 is 1.77 bits per heavy atom. The van der Waals surface area contributed by atoms with Gasteiger partial charge in [0, 0.05) is 76.2 Å². The number of morpholine rings is 1. The number of alkyl halides is 3. The normalized spacial score (nSPS) is 19.7. The number of methoxy groups -OCH3 is 1. The molecule has 3 fully saturated rings. The third-order valence-corrected chi connectivity index (χ3v) is 8.80. The minimum atomic E-state index is -4.53. The van der Waals surface area contributed by atoms with Crippen LogP contribution in [0.25, 0.3) is 11.0 Å². The number of benzene rings is 1. The third-order valence-electron chi connectivity index (χ3n) is 8.80. The zero-order valence-electron chi connectivity index (χ0n) is 24.5. The van der Waals surface area contributed by atoms with Gasteiger partial charge in [-0.05, 0) is 38.1 Å². The summed E-state index contributed by atoms with van der Waals surface area (Å²) in [7, 11) is 3.67.